The van der Waals surface area contributed by atoms with E-state index in [9.17, 15) is 4.79 Å². The van der Waals surface area contributed by atoms with E-state index in [-0.39, 0.29) is 5.91 Å². The van der Waals surface area contributed by atoms with Gasteiger partial charge in [0.25, 0.3) is 0 Å². The van der Waals surface area contributed by atoms with E-state index in [1.807, 2.05) is 0 Å². The maximum atomic E-state index is 11.3. The van der Waals surface area contributed by atoms with Crippen molar-refractivity contribution >= 4 is 17.7 Å². The van der Waals surface area contributed by atoms with Gasteiger partial charge in [-0.15, -0.1) is 18.2 Å². The number of nitrogens with one attached hydrogen (secondary N) is 1. The molecule has 0 aliphatic heterocycles. The van der Waals surface area contributed by atoms with Crippen LogP contribution < -0.4 is 11.1 Å². The first-order chi connectivity index (χ1) is 7.81. The zero-order valence-electron chi connectivity index (χ0n) is 9.84. The number of carbonyl (C=O) groups excluding carboxylic acids is 1. The minimum Gasteiger partial charge on any atom is -0.355 e. The fourth-order valence-electron chi connectivity index (χ4n) is 1.27. The molecule has 0 saturated heterocycles. The topological polar surface area (TPSA) is 55.1 Å². The lowest BCUT2D eigenvalue weighted by Crippen LogP contribution is -2.25. The Balaban J connectivity index is 3.16. The fourth-order valence-corrected chi connectivity index (χ4v) is 1.77. The van der Waals surface area contributed by atoms with Crippen LogP contribution in [0.15, 0.2) is 0 Å². The van der Waals surface area contributed by atoms with Crippen molar-refractivity contribution < 1.29 is 4.79 Å². The first-order valence-corrected chi connectivity index (χ1v) is 6.94. The second-order valence-electron chi connectivity index (χ2n) is 3.56. The van der Waals surface area contributed by atoms with Crippen molar-refractivity contribution in [1.29, 1.82) is 0 Å². The van der Waals surface area contributed by atoms with Gasteiger partial charge in [-0.1, -0.05) is 18.8 Å². The number of terminal acetylenes is 1. The van der Waals surface area contributed by atoms with Crippen LogP contribution in [-0.2, 0) is 4.79 Å². The lowest BCUT2D eigenvalue weighted by atomic mass is 10.1. The molecule has 0 spiro atoms. The molecule has 92 valence electrons. The largest absolute Gasteiger partial charge is 0.355 e. The average Bonchev–Trinajstić information content (AvgIpc) is 2.28. The predicted molar refractivity (Wildman–Crippen MR) is 71.3 cm³/mol. The maximum Gasteiger partial charge on any atom is 0.220 e. The Hall–Kier alpha value is -0.660. The van der Waals surface area contributed by atoms with Crippen molar-refractivity contribution in [3.05, 3.63) is 0 Å². The Kier molecular flexibility index (Phi) is 11.9. The summed E-state index contributed by atoms with van der Waals surface area (Å²) in [4.78, 5) is 11.3. The lowest BCUT2D eigenvalue weighted by Gasteiger charge is -2.04. The quantitative estimate of drug-likeness (QED) is 0.449. The predicted octanol–water partition coefficient (Wildman–Crippen LogP) is 1.38. The molecule has 0 fully saturated rings. The normalized spacial score (nSPS) is 9.75. The standard InChI is InChI=1S/C12H22N2OS/c1-2-10-16-11-9-14-12(15)7-5-3-4-6-8-13/h1H,3-11,13H2,(H,14,15). The van der Waals surface area contributed by atoms with Crippen LogP contribution in [0.3, 0.4) is 0 Å². The van der Waals surface area contributed by atoms with Gasteiger partial charge in [-0.3, -0.25) is 4.79 Å². The monoisotopic (exact) mass is 242 g/mol. The van der Waals surface area contributed by atoms with Crippen molar-refractivity contribution in [3.8, 4) is 12.3 Å². The van der Waals surface area contributed by atoms with E-state index in [2.05, 4.69) is 11.2 Å². The molecule has 1 amide bonds. The molecule has 0 aromatic rings. The third kappa shape index (κ3) is 11.4. The first kappa shape index (κ1) is 15.3. The zero-order valence-corrected chi connectivity index (χ0v) is 10.7. The summed E-state index contributed by atoms with van der Waals surface area (Å²) in [6, 6.07) is 0. The van der Waals surface area contributed by atoms with E-state index in [0.717, 1.165) is 43.7 Å². The number of unbranched alkanes of at least 4 members (excludes halogenated alkanes) is 3. The highest BCUT2D eigenvalue weighted by molar-refractivity contribution is 7.99. The molecule has 4 heteroatoms. The summed E-state index contributed by atoms with van der Waals surface area (Å²) in [5, 5.41) is 2.88. The van der Waals surface area contributed by atoms with Gasteiger partial charge in [0, 0.05) is 18.7 Å². The van der Waals surface area contributed by atoms with Crippen molar-refractivity contribution in [2.45, 2.75) is 32.1 Å². The molecule has 0 bridgehead atoms. The van der Waals surface area contributed by atoms with Gasteiger partial charge in [0.05, 0.1) is 5.75 Å². The minimum atomic E-state index is 0.147. The van der Waals surface area contributed by atoms with Crippen LogP contribution in [0, 0.1) is 12.3 Å². The van der Waals surface area contributed by atoms with Crippen LogP contribution in [0.1, 0.15) is 32.1 Å². The third-order valence-corrected chi connectivity index (χ3v) is 2.98. The van der Waals surface area contributed by atoms with Crippen molar-refractivity contribution in [2.75, 3.05) is 24.6 Å². The van der Waals surface area contributed by atoms with Crippen LogP contribution in [-0.4, -0.2) is 30.5 Å². The van der Waals surface area contributed by atoms with Gasteiger partial charge < -0.3 is 11.1 Å². The highest BCUT2D eigenvalue weighted by Crippen LogP contribution is 2.02. The summed E-state index contributed by atoms with van der Waals surface area (Å²) in [6.45, 7) is 1.46. The third-order valence-electron chi connectivity index (χ3n) is 2.11. The van der Waals surface area contributed by atoms with Crippen molar-refractivity contribution in [1.82, 2.24) is 5.32 Å². The molecule has 0 aliphatic rings. The number of amides is 1. The van der Waals surface area contributed by atoms with Crippen LogP contribution in [0.5, 0.6) is 0 Å². The molecule has 16 heavy (non-hydrogen) atoms. The zero-order chi connectivity index (χ0) is 12.1. The number of hydrogen-bond donors (Lipinski definition) is 2. The van der Waals surface area contributed by atoms with Gasteiger partial charge in [0.2, 0.25) is 5.91 Å². The smallest absolute Gasteiger partial charge is 0.220 e. The van der Waals surface area contributed by atoms with Gasteiger partial charge in [-0.25, -0.2) is 0 Å². The Morgan fingerprint density at radius 2 is 2.06 bits per heavy atom. The second-order valence-corrected chi connectivity index (χ2v) is 4.66. The average molecular weight is 242 g/mol. The van der Waals surface area contributed by atoms with Gasteiger partial charge in [0.15, 0.2) is 0 Å². The number of carbonyl (C=O) groups is 1. The Labute approximate surface area is 103 Å². The van der Waals surface area contributed by atoms with Crippen molar-refractivity contribution in [2.24, 2.45) is 5.73 Å². The lowest BCUT2D eigenvalue weighted by molar-refractivity contribution is -0.121. The highest BCUT2D eigenvalue weighted by Gasteiger charge is 1.99. The molecule has 3 nitrogen and oxygen atoms in total. The van der Waals surface area contributed by atoms with E-state index in [1.165, 1.54) is 0 Å². The molecule has 0 atom stereocenters. The summed E-state index contributed by atoms with van der Waals surface area (Å²) >= 11 is 1.67. The molecule has 0 radical (unpaired) electrons. The Morgan fingerprint density at radius 1 is 1.31 bits per heavy atom. The van der Waals surface area contributed by atoms with Crippen LogP contribution in [0.4, 0.5) is 0 Å². The first-order valence-electron chi connectivity index (χ1n) is 5.79. The summed E-state index contributed by atoms with van der Waals surface area (Å²) < 4.78 is 0. The number of nitrogens with two attached hydrogens (primary N) is 1. The molecule has 0 rings (SSSR count). The SMILES string of the molecule is C#CCSCCNC(=O)CCCCCCN. The summed E-state index contributed by atoms with van der Waals surface area (Å²) in [7, 11) is 0. The number of hydrogen-bond acceptors (Lipinski definition) is 3. The van der Waals surface area contributed by atoms with Gasteiger partial charge in [-0.2, -0.15) is 0 Å². The Bertz CT molecular complexity index is 214. The maximum absolute atomic E-state index is 11.3. The molecule has 3 N–H and O–H groups in total. The van der Waals surface area contributed by atoms with E-state index < -0.39 is 0 Å². The molecule has 0 aliphatic carbocycles. The molecule has 0 aromatic carbocycles. The van der Waals surface area contributed by atoms with E-state index in [4.69, 9.17) is 12.2 Å². The molecular formula is C12H22N2OS. The van der Waals surface area contributed by atoms with Gasteiger partial charge in [-0.05, 0) is 19.4 Å². The van der Waals surface area contributed by atoms with E-state index in [0.29, 0.717) is 13.0 Å². The van der Waals surface area contributed by atoms with Gasteiger partial charge in [0.1, 0.15) is 0 Å². The molecule has 0 heterocycles. The Morgan fingerprint density at radius 3 is 2.75 bits per heavy atom. The molecule has 0 aromatic heterocycles. The van der Waals surface area contributed by atoms with Crippen LogP contribution in [0.2, 0.25) is 0 Å². The van der Waals surface area contributed by atoms with Crippen LogP contribution in [0.25, 0.3) is 0 Å². The highest BCUT2D eigenvalue weighted by atomic mass is 32.2. The van der Waals surface area contributed by atoms with Gasteiger partial charge >= 0.3 is 0 Å². The molecule has 0 saturated carbocycles. The summed E-state index contributed by atoms with van der Waals surface area (Å²) in [5.74, 6) is 4.31. The molecular weight excluding hydrogens is 220 g/mol. The fraction of sp³-hybridized carbons (Fsp3) is 0.750. The minimum absolute atomic E-state index is 0.147. The number of rotatable bonds is 10. The van der Waals surface area contributed by atoms with Crippen LogP contribution >= 0.6 is 11.8 Å². The molecule has 0 unspecified atom stereocenters. The van der Waals surface area contributed by atoms with Crippen molar-refractivity contribution in [3.63, 3.8) is 0 Å². The van der Waals surface area contributed by atoms with E-state index in [1.54, 1.807) is 11.8 Å². The summed E-state index contributed by atoms with van der Waals surface area (Å²) in [5.41, 5.74) is 5.38. The summed E-state index contributed by atoms with van der Waals surface area (Å²) in [6.07, 6.45) is 9.98. The second kappa shape index (κ2) is 12.4. The number of thioether (sulfide) groups is 1. The van der Waals surface area contributed by atoms with E-state index >= 15 is 0 Å².